The third-order valence-corrected chi connectivity index (χ3v) is 6.55. The number of hydrogen-bond acceptors (Lipinski definition) is 5. The fraction of sp³-hybridized carbons (Fsp3) is 0.214. The Morgan fingerprint density at radius 3 is 2.60 bits per heavy atom. The second-order valence-electron chi connectivity index (χ2n) is 9.08. The van der Waals surface area contributed by atoms with Crippen molar-refractivity contribution in [3.8, 4) is 0 Å². The number of carbonyl (C=O) groups is 1. The van der Waals surface area contributed by atoms with Gasteiger partial charge in [0, 0.05) is 24.3 Å². The van der Waals surface area contributed by atoms with Crippen molar-refractivity contribution in [1.29, 1.82) is 0 Å². The summed E-state index contributed by atoms with van der Waals surface area (Å²) in [6.07, 6.45) is 0. The molecule has 7 heteroatoms. The number of halogens is 1. The third-order valence-electron chi connectivity index (χ3n) is 6.55. The van der Waals surface area contributed by atoms with Crippen LogP contribution in [0.25, 0.3) is 11.0 Å². The number of benzene rings is 3. The summed E-state index contributed by atoms with van der Waals surface area (Å²) in [6, 6.07) is 14.8. The van der Waals surface area contributed by atoms with Gasteiger partial charge in [-0.2, -0.15) is 0 Å². The molecule has 1 unspecified atom stereocenters. The van der Waals surface area contributed by atoms with E-state index in [1.165, 1.54) is 34.9 Å². The van der Waals surface area contributed by atoms with E-state index in [1.807, 2.05) is 11.8 Å². The lowest BCUT2D eigenvalue weighted by Crippen LogP contribution is -2.20. The molecule has 0 saturated heterocycles. The van der Waals surface area contributed by atoms with Crippen molar-refractivity contribution in [2.24, 2.45) is 0 Å². The Labute approximate surface area is 201 Å². The highest BCUT2D eigenvalue weighted by molar-refractivity contribution is 5.94. The molecule has 35 heavy (non-hydrogen) atoms. The van der Waals surface area contributed by atoms with Crippen LogP contribution in [-0.4, -0.2) is 11.1 Å². The van der Waals surface area contributed by atoms with Gasteiger partial charge in [-0.25, -0.2) is 9.18 Å². The number of rotatable bonds is 5. The summed E-state index contributed by atoms with van der Waals surface area (Å²) in [4.78, 5) is 27.0. The van der Waals surface area contributed by atoms with Crippen molar-refractivity contribution in [2.45, 2.75) is 39.9 Å². The van der Waals surface area contributed by atoms with E-state index in [0.717, 1.165) is 0 Å². The van der Waals surface area contributed by atoms with Gasteiger partial charge in [0.15, 0.2) is 5.43 Å². The van der Waals surface area contributed by atoms with Crippen LogP contribution in [0.4, 0.5) is 16.0 Å². The first-order chi connectivity index (χ1) is 16.7. The van der Waals surface area contributed by atoms with Crippen molar-refractivity contribution in [3.63, 3.8) is 0 Å². The van der Waals surface area contributed by atoms with Crippen molar-refractivity contribution in [2.75, 3.05) is 10.2 Å². The first-order valence-electron chi connectivity index (χ1n) is 11.4. The first kappa shape index (κ1) is 22.7. The first-order valence-corrected chi connectivity index (χ1v) is 11.4. The molecule has 1 atom stereocenters. The zero-order valence-electron chi connectivity index (χ0n) is 19.7. The van der Waals surface area contributed by atoms with E-state index in [1.54, 1.807) is 32.0 Å². The molecule has 178 valence electrons. The molecule has 0 spiro atoms. The Morgan fingerprint density at radius 2 is 1.83 bits per heavy atom. The summed E-state index contributed by atoms with van der Waals surface area (Å²) in [5.74, 6) is -1.17. The summed E-state index contributed by atoms with van der Waals surface area (Å²) in [5, 5.41) is 12.8. The highest BCUT2D eigenvalue weighted by Crippen LogP contribution is 2.35. The van der Waals surface area contributed by atoms with Crippen molar-refractivity contribution < 1.29 is 18.7 Å². The highest BCUT2D eigenvalue weighted by Gasteiger charge is 2.26. The van der Waals surface area contributed by atoms with Crippen LogP contribution in [0.1, 0.15) is 51.1 Å². The number of carboxylic acid groups (broad SMARTS) is 1. The van der Waals surface area contributed by atoms with Crippen molar-refractivity contribution >= 4 is 28.5 Å². The summed E-state index contributed by atoms with van der Waals surface area (Å²) >= 11 is 0. The molecule has 0 radical (unpaired) electrons. The van der Waals surface area contributed by atoms with E-state index in [9.17, 15) is 19.1 Å². The second kappa shape index (κ2) is 8.58. The molecule has 3 aromatic carbocycles. The summed E-state index contributed by atoms with van der Waals surface area (Å²) < 4.78 is 21.0. The third kappa shape index (κ3) is 4.03. The average molecular weight is 473 g/mol. The average Bonchev–Trinajstić information content (AvgIpc) is 3.24. The molecular formula is C28H25FN2O4. The number of para-hydroxylation sites is 1. The maximum Gasteiger partial charge on any atom is 0.337 e. The molecule has 0 fully saturated rings. The van der Waals surface area contributed by atoms with Gasteiger partial charge in [-0.3, -0.25) is 4.79 Å². The standard InChI is InChI=1S/C28H25FN2O4/c1-15-8-9-18-13-31(14-19(18)10-15)27-16(2)25(32)23-12-20(29)11-22(26(23)35-27)17(3)30-24-7-5-4-6-21(24)28(33)34/h4-12,17,30H,13-14H2,1-3H3,(H,33,34). The number of nitrogens with one attached hydrogen (secondary N) is 1. The molecule has 1 aromatic heterocycles. The number of nitrogens with zero attached hydrogens (tertiary/aromatic N) is 1. The number of anilines is 2. The van der Waals surface area contributed by atoms with Gasteiger partial charge < -0.3 is 19.7 Å². The van der Waals surface area contributed by atoms with Gasteiger partial charge >= 0.3 is 5.97 Å². The Hall–Kier alpha value is -4.13. The largest absolute Gasteiger partial charge is 0.478 e. The molecule has 2 heterocycles. The SMILES string of the molecule is Cc1ccc2c(c1)CN(c1oc3c(C(C)Nc4ccccc4C(=O)O)cc(F)cc3c(=O)c1C)C2. The van der Waals surface area contributed by atoms with Gasteiger partial charge in [0.2, 0.25) is 5.88 Å². The molecule has 6 nitrogen and oxygen atoms in total. The van der Waals surface area contributed by atoms with E-state index in [4.69, 9.17) is 4.42 Å². The molecule has 0 saturated carbocycles. The van der Waals surface area contributed by atoms with Gasteiger partial charge in [0.1, 0.15) is 11.4 Å². The minimum Gasteiger partial charge on any atom is -0.478 e. The lowest BCUT2D eigenvalue weighted by Gasteiger charge is -2.22. The normalized spacial score (nSPS) is 13.7. The van der Waals surface area contributed by atoms with Gasteiger partial charge in [0.25, 0.3) is 0 Å². The number of hydrogen-bond donors (Lipinski definition) is 2. The second-order valence-corrected chi connectivity index (χ2v) is 9.08. The van der Waals surface area contributed by atoms with E-state index < -0.39 is 17.8 Å². The topological polar surface area (TPSA) is 82.8 Å². The fourth-order valence-corrected chi connectivity index (χ4v) is 4.77. The van der Waals surface area contributed by atoms with Crippen molar-refractivity contribution in [1.82, 2.24) is 0 Å². The monoisotopic (exact) mass is 472 g/mol. The van der Waals surface area contributed by atoms with Crippen LogP contribution >= 0.6 is 0 Å². The maximum absolute atomic E-state index is 14.6. The zero-order chi connectivity index (χ0) is 24.9. The lowest BCUT2D eigenvalue weighted by molar-refractivity contribution is 0.0698. The van der Waals surface area contributed by atoms with Crippen LogP contribution in [0.15, 0.2) is 63.8 Å². The van der Waals surface area contributed by atoms with Crippen molar-refractivity contribution in [3.05, 3.63) is 104 Å². The Kier molecular flexibility index (Phi) is 5.55. The molecule has 1 aliphatic heterocycles. The molecule has 4 aromatic rings. The predicted octanol–water partition coefficient (Wildman–Crippen LogP) is 5.94. The maximum atomic E-state index is 14.6. The molecule has 2 N–H and O–H groups in total. The van der Waals surface area contributed by atoms with Crippen LogP contribution in [0, 0.1) is 19.7 Å². The van der Waals surface area contributed by atoms with E-state index in [2.05, 4.69) is 23.5 Å². The summed E-state index contributed by atoms with van der Waals surface area (Å²) in [5.41, 5.74) is 4.89. The predicted molar refractivity (Wildman–Crippen MR) is 134 cm³/mol. The van der Waals surface area contributed by atoms with Gasteiger partial charge in [-0.15, -0.1) is 0 Å². The number of fused-ring (bicyclic) bond motifs is 2. The van der Waals surface area contributed by atoms with E-state index in [0.29, 0.717) is 35.8 Å². The fourth-order valence-electron chi connectivity index (χ4n) is 4.77. The lowest BCUT2D eigenvalue weighted by atomic mass is 10.0. The van der Waals surface area contributed by atoms with Crippen LogP contribution in [0.2, 0.25) is 0 Å². The smallest absolute Gasteiger partial charge is 0.337 e. The summed E-state index contributed by atoms with van der Waals surface area (Å²) in [6.45, 7) is 6.75. The Morgan fingerprint density at radius 1 is 1.09 bits per heavy atom. The molecule has 0 bridgehead atoms. The number of aryl methyl sites for hydroxylation is 1. The van der Waals surface area contributed by atoms with E-state index in [-0.39, 0.29) is 22.0 Å². The van der Waals surface area contributed by atoms with Crippen LogP contribution in [0.3, 0.4) is 0 Å². The van der Waals surface area contributed by atoms with Gasteiger partial charge in [-0.1, -0.05) is 35.9 Å². The Balaban J connectivity index is 1.60. The van der Waals surface area contributed by atoms with Gasteiger partial charge in [-0.05, 0) is 56.2 Å². The number of carboxylic acids is 1. The molecule has 1 aliphatic rings. The highest BCUT2D eigenvalue weighted by atomic mass is 19.1. The minimum absolute atomic E-state index is 0.100. The molecule has 5 rings (SSSR count). The van der Waals surface area contributed by atoms with Crippen LogP contribution in [0.5, 0.6) is 0 Å². The minimum atomic E-state index is -1.07. The van der Waals surface area contributed by atoms with Crippen LogP contribution in [-0.2, 0) is 13.1 Å². The molecular weight excluding hydrogens is 447 g/mol. The zero-order valence-corrected chi connectivity index (χ0v) is 19.7. The molecule has 0 amide bonds. The Bertz CT molecular complexity index is 1540. The van der Waals surface area contributed by atoms with E-state index >= 15 is 0 Å². The summed E-state index contributed by atoms with van der Waals surface area (Å²) in [7, 11) is 0. The number of aromatic carboxylic acids is 1. The van der Waals surface area contributed by atoms with Gasteiger partial charge in [0.05, 0.1) is 22.6 Å². The molecule has 0 aliphatic carbocycles. The van der Waals surface area contributed by atoms with Crippen LogP contribution < -0.4 is 15.6 Å². The quantitative estimate of drug-likeness (QED) is 0.374.